The quantitative estimate of drug-likeness (QED) is 0.384. The predicted octanol–water partition coefficient (Wildman–Crippen LogP) is 2.65. The van der Waals surface area contributed by atoms with Gasteiger partial charge < -0.3 is 5.73 Å². The van der Waals surface area contributed by atoms with Crippen LogP contribution in [-0.4, -0.2) is 0 Å². The second-order valence-electron chi connectivity index (χ2n) is 2.29. The molecular formula is C7H5ClF3N. The van der Waals surface area contributed by atoms with Crippen molar-refractivity contribution in [2.45, 2.75) is 6.92 Å². The summed E-state index contributed by atoms with van der Waals surface area (Å²) in [6, 6.07) is 0. The molecule has 0 radical (unpaired) electrons. The van der Waals surface area contributed by atoms with E-state index in [0.717, 1.165) is 0 Å². The largest absolute Gasteiger partial charge is 0.394 e. The van der Waals surface area contributed by atoms with E-state index in [1.807, 2.05) is 0 Å². The molecule has 0 spiro atoms. The van der Waals surface area contributed by atoms with Crippen LogP contribution in [0.4, 0.5) is 18.9 Å². The van der Waals surface area contributed by atoms with Crippen LogP contribution in [0.2, 0.25) is 5.02 Å². The molecule has 5 heteroatoms. The first-order chi connectivity index (χ1) is 5.46. The van der Waals surface area contributed by atoms with Crippen LogP contribution in [0.25, 0.3) is 0 Å². The Hall–Kier alpha value is -0.900. The van der Waals surface area contributed by atoms with E-state index in [1.54, 1.807) is 0 Å². The third kappa shape index (κ3) is 1.12. The lowest BCUT2D eigenvalue weighted by Gasteiger charge is -2.05. The molecule has 0 bridgehead atoms. The SMILES string of the molecule is Cc1c(F)c(N)c(F)c(F)c1Cl. The van der Waals surface area contributed by atoms with Crippen molar-refractivity contribution >= 4 is 17.3 Å². The van der Waals surface area contributed by atoms with E-state index in [0.29, 0.717) is 0 Å². The van der Waals surface area contributed by atoms with Gasteiger partial charge in [0.05, 0.1) is 5.02 Å². The van der Waals surface area contributed by atoms with E-state index in [1.165, 1.54) is 6.92 Å². The molecule has 66 valence electrons. The minimum Gasteiger partial charge on any atom is -0.394 e. The number of nitrogens with two attached hydrogens (primary N) is 1. The monoisotopic (exact) mass is 195 g/mol. The maximum Gasteiger partial charge on any atom is 0.186 e. The molecule has 1 rings (SSSR count). The number of anilines is 1. The summed E-state index contributed by atoms with van der Waals surface area (Å²) in [6.45, 7) is 1.22. The van der Waals surface area contributed by atoms with Crippen molar-refractivity contribution in [3.8, 4) is 0 Å². The van der Waals surface area contributed by atoms with E-state index in [9.17, 15) is 13.2 Å². The van der Waals surface area contributed by atoms with Gasteiger partial charge in [0.1, 0.15) is 5.69 Å². The summed E-state index contributed by atoms with van der Waals surface area (Å²) in [6.07, 6.45) is 0. The first-order valence-corrected chi connectivity index (χ1v) is 3.42. The van der Waals surface area contributed by atoms with Gasteiger partial charge in [-0.3, -0.25) is 0 Å². The maximum atomic E-state index is 12.8. The van der Waals surface area contributed by atoms with Crippen LogP contribution in [0.5, 0.6) is 0 Å². The van der Waals surface area contributed by atoms with Crippen LogP contribution >= 0.6 is 11.6 Å². The second kappa shape index (κ2) is 2.86. The van der Waals surface area contributed by atoms with Crippen LogP contribution in [0, 0.1) is 24.4 Å². The van der Waals surface area contributed by atoms with Crippen LogP contribution in [0.3, 0.4) is 0 Å². The number of benzene rings is 1. The summed E-state index contributed by atoms with van der Waals surface area (Å²) in [7, 11) is 0. The third-order valence-electron chi connectivity index (χ3n) is 1.52. The van der Waals surface area contributed by atoms with Crippen molar-refractivity contribution in [2.24, 2.45) is 0 Å². The zero-order chi connectivity index (χ0) is 9.46. The standard InChI is InChI=1S/C7H5ClF3N/c1-2-3(8)5(10)6(11)7(12)4(2)9/h12H2,1H3. The van der Waals surface area contributed by atoms with Crippen LogP contribution < -0.4 is 5.73 Å². The number of halogens is 4. The molecule has 12 heavy (non-hydrogen) atoms. The molecule has 2 N–H and O–H groups in total. The molecular weight excluding hydrogens is 191 g/mol. The van der Waals surface area contributed by atoms with Gasteiger partial charge in [0.15, 0.2) is 17.5 Å². The second-order valence-corrected chi connectivity index (χ2v) is 2.67. The molecule has 0 amide bonds. The number of hydrogen-bond acceptors (Lipinski definition) is 1. The highest BCUT2D eigenvalue weighted by atomic mass is 35.5. The molecule has 0 atom stereocenters. The summed E-state index contributed by atoms with van der Waals surface area (Å²) < 4.78 is 38.1. The lowest BCUT2D eigenvalue weighted by atomic mass is 10.2. The molecule has 0 aliphatic rings. The molecule has 1 aromatic carbocycles. The molecule has 0 heterocycles. The Morgan fingerprint density at radius 2 is 1.58 bits per heavy atom. The van der Waals surface area contributed by atoms with Gasteiger partial charge in [0.25, 0.3) is 0 Å². The van der Waals surface area contributed by atoms with Gasteiger partial charge in [-0.1, -0.05) is 11.6 Å². The van der Waals surface area contributed by atoms with Gasteiger partial charge in [-0.05, 0) is 6.92 Å². The van der Waals surface area contributed by atoms with E-state index in [2.05, 4.69) is 0 Å². The van der Waals surface area contributed by atoms with Crippen LogP contribution in [0.1, 0.15) is 5.56 Å². The normalized spacial score (nSPS) is 10.4. The topological polar surface area (TPSA) is 26.0 Å². The van der Waals surface area contributed by atoms with Crippen molar-refractivity contribution < 1.29 is 13.2 Å². The Kier molecular flexibility index (Phi) is 2.19. The van der Waals surface area contributed by atoms with Gasteiger partial charge in [-0.15, -0.1) is 0 Å². The summed E-state index contributed by atoms with van der Waals surface area (Å²) in [5, 5.41) is -0.570. The van der Waals surface area contributed by atoms with Gasteiger partial charge in [0.2, 0.25) is 0 Å². The fourth-order valence-electron chi connectivity index (χ4n) is 0.774. The Balaban J connectivity index is 3.60. The highest BCUT2D eigenvalue weighted by Gasteiger charge is 2.19. The molecule has 0 fully saturated rings. The predicted molar refractivity (Wildman–Crippen MR) is 40.5 cm³/mol. The van der Waals surface area contributed by atoms with Gasteiger partial charge >= 0.3 is 0 Å². The van der Waals surface area contributed by atoms with E-state index in [-0.39, 0.29) is 5.56 Å². The summed E-state index contributed by atoms with van der Waals surface area (Å²) in [4.78, 5) is 0. The van der Waals surface area contributed by atoms with Crippen molar-refractivity contribution in [1.29, 1.82) is 0 Å². The first kappa shape index (κ1) is 9.19. The molecule has 0 saturated heterocycles. The molecule has 0 aliphatic heterocycles. The van der Waals surface area contributed by atoms with E-state index < -0.39 is 28.2 Å². The molecule has 0 aromatic heterocycles. The Bertz CT molecular complexity index is 233. The number of nitrogen functional groups attached to an aromatic ring is 1. The zero-order valence-corrected chi connectivity index (χ0v) is 6.85. The third-order valence-corrected chi connectivity index (χ3v) is 1.97. The van der Waals surface area contributed by atoms with Crippen molar-refractivity contribution in [1.82, 2.24) is 0 Å². The molecule has 0 unspecified atom stereocenters. The molecule has 1 nitrogen and oxygen atoms in total. The fraction of sp³-hybridized carbons (Fsp3) is 0.143. The maximum absolute atomic E-state index is 12.8. The fourth-order valence-corrected chi connectivity index (χ4v) is 0.940. The van der Waals surface area contributed by atoms with Gasteiger partial charge in [-0.25, -0.2) is 13.2 Å². The Morgan fingerprint density at radius 3 is 2.08 bits per heavy atom. The average Bonchev–Trinajstić information content (AvgIpc) is 2.08. The minimum atomic E-state index is -1.44. The lowest BCUT2D eigenvalue weighted by molar-refractivity contribution is 0.498. The highest BCUT2D eigenvalue weighted by Crippen LogP contribution is 2.29. The lowest BCUT2D eigenvalue weighted by Crippen LogP contribution is -2.02. The van der Waals surface area contributed by atoms with Crippen molar-refractivity contribution in [3.05, 3.63) is 28.0 Å². The summed E-state index contributed by atoms with van der Waals surface area (Å²) >= 11 is 5.25. The number of hydrogen-bond donors (Lipinski definition) is 1. The Labute approximate surface area is 71.9 Å². The molecule has 0 aliphatic carbocycles. The minimum absolute atomic E-state index is 0.187. The first-order valence-electron chi connectivity index (χ1n) is 3.04. The van der Waals surface area contributed by atoms with Gasteiger partial charge in [0, 0.05) is 5.56 Å². The Morgan fingerprint density at radius 1 is 1.08 bits per heavy atom. The van der Waals surface area contributed by atoms with Crippen LogP contribution in [-0.2, 0) is 0 Å². The van der Waals surface area contributed by atoms with Crippen molar-refractivity contribution in [3.63, 3.8) is 0 Å². The van der Waals surface area contributed by atoms with Crippen molar-refractivity contribution in [2.75, 3.05) is 5.73 Å². The number of rotatable bonds is 0. The molecule has 1 aromatic rings. The summed E-state index contributed by atoms with van der Waals surface area (Å²) in [5.74, 6) is -3.77. The van der Waals surface area contributed by atoms with E-state index >= 15 is 0 Å². The van der Waals surface area contributed by atoms with E-state index in [4.69, 9.17) is 17.3 Å². The highest BCUT2D eigenvalue weighted by molar-refractivity contribution is 6.31. The summed E-state index contributed by atoms with van der Waals surface area (Å²) in [5.41, 5.74) is 3.88. The zero-order valence-electron chi connectivity index (χ0n) is 6.09. The van der Waals surface area contributed by atoms with Gasteiger partial charge in [-0.2, -0.15) is 0 Å². The molecule has 0 saturated carbocycles. The van der Waals surface area contributed by atoms with Crippen LogP contribution in [0.15, 0.2) is 0 Å². The average molecular weight is 196 g/mol. The smallest absolute Gasteiger partial charge is 0.186 e.